The predicted octanol–water partition coefficient (Wildman–Crippen LogP) is 2.88. The molecule has 0 amide bonds. The minimum Gasteiger partial charge on any atom is -0.494 e. The van der Waals surface area contributed by atoms with Crippen LogP contribution in [0.4, 0.5) is 0 Å². The summed E-state index contributed by atoms with van der Waals surface area (Å²) in [6.07, 6.45) is 2.22. The highest BCUT2D eigenvalue weighted by atomic mass is 127. The molecule has 0 spiro atoms. The van der Waals surface area contributed by atoms with E-state index < -0.39 is 10.0 Å². The maximum atomic E-state index is 12.2. The van der Waals surface area contributed by atoms with Gasteiger partial charge in [0.2, 0.25) is 10.0 Å². The van der Waals surface area contributed by atoms with Crippen LogP contribution in [0.2, 0.25) is 0 Å². The molecule has 1 aromatic carbocycles. The molecule has 1 fully saturated rings. The molecule has 0 atom stereocenters. The van der Waals surface area contributed by atoms with Crippen molar-refractivity contribution in [1.82, 2.24) is 14.9 Å². The first-order chi connectivity index (χ1) is 13.4. The number of nitrogens with zero attached hydrogens (tertiary/aromatic N) is 2. The molecule has 0 saturated carbocycles. The summed E-state index contributed by atoms with van der Waals surface area (Å²) in [7, 11) is -1.35. The molecule has 0 bridgehead atoms. The predicted molar refractivity (Wildman–Crippen MR) is 130 cm³/mol. The lowest BCUT2D eigenvalue weighted by Gasteiger charge is -2.32. The number of piperidine rings is 1. The standard InChI is InChI=1S/C20H34N4O3S.HI/c1-5-13-28(25,26)24-11-9-18(10-12-24)23-20(21-4)22-15-17-7-8-19(27-6-2)16(3)14-17;/h7-8,14,18H,5-6,9-13,15H2,1-4H3,(H2,21,22,23);1H. The Bertz CT molecular complexity index is 763. The van der Waals surface area contributed by atoms with Crippen molar-refractivity contribution in [1.29, 1.82) is 0 Å². The van der Waals surface area contributed by atoms with Crippen molar-refractivity contribution in [3.8, 4) is 5.75 Å². The highest BCUT2D eigenvalue weighted by molar-refractivity contribution is 14.0. The topological polar surface area (TPSA) is 83.0 Å². The third kappa shape index (κ3) is 7.93. The number of hydrogen-bond acceptors (Lipinski definition) is 4. The zero-order valence-electron chi connectivity index (χ0n) is 17.9. The van der Waals surface area contributed by atoms with Gasteiger partial charge in [0.15, 0.2) is 5.96 Å². The second kappa shape index (κ2) is 12.6. The largest absolute Gasteiger partial charge is 0.494 e. The Balaban J connectivity index is 0.00000420. The van der Waals surface area contributed by atoms with Crippen molar-refractivity contribution in [2.75, 3.05) is 32.5 Å². The molecule has 1 heterocycles. The van der Waals surface area contributed by atoms with E-state index in [-0.39, 0.29) is 35.8 Å². The van der Waals surface area contributed by atoms with Crippen LogP contribution in [-0.2, 0) is 16.6 Å². The number of aryl methyl sites for hydroxylation is 1. The molecule has 1 aliphatic rings. The van der Waals surface area contributed by atoms with Crippen molar-refractivity contribution in [2.24, 2.45) is 4.99 Å². The molecule has 2 N–H and O–H groups in total. The number of halogens is 1. The van der Waals surface area contributed by atoms with E-state index in [0.29, 0.717) is 32.7 Å². The Hall–Kier alpha value is -1.07. The van der Waals surface area contributed by atoms with Gasteiger partial charge in [-0.15, -0.1) is 24.0 Å². The van der Waals surface area contributed by atoms with Gasteiger partial charge in [-0.3, -0.25) is 4.99 Å². The second-order valence-corrected chi connectivity index (χ2v) is 9.18. The van der Waals surface area contributed by atoms with Gasteiger partial charge >= 0.3 is 0 Å². The van der Waals surface area contributed by atoms with E-state index in [1.54, 1.807) is 11.4 Å². The van der Waals surface area contributed by atoms with Crippen LogP contribution >= 0.6 is 24.0 Å². The van der Waals surface area contributed by atoms with Gasteiger partial charge in [-0.05, 0) is 50.3 Å². The SMILES string of the molecule is CCCS(=O)(=O)N1CCC(NC(=NC)NCc2ccc(OCC)c(C)c2)CC1.I. The van der Waals surface area contributed by atoms with E-state index in [2.05, 4.69) is 27.8 Å². The summed E-state index contributed by atoms with van der Waals surface area (Å²) in [5, 5.41) is 6.76. The summed E-state index contributed by atoms with van der Waals surface area (Å²) < 4.78 is 31.6. The highest BCUT2D eigenvalue weighted by Gasteiger charge is 2.27. The van der Waals surface area contributed by atoms with Gasteiger partial charge in [0, 0.05) is 32.7 Å². The second-order valence-electron chi connectivity index (χ2n) is 7.09. The molecule has 0 aromatic heterocycles. The lowest BCUT2D eigenvalue weighted by atomic mass is 10.1. The number of aliphatic imine (C=N–C) groups is 1. The molecule has 0 aliphatic carbocycles. The molecule has 0 unspecified atom stereocenters. The summed E-state index contributed by atoms with van der Waals surface area (Å²) >= 11 is 0. The summed E-state index contributed by atoms with van der Waals surface area (Å²) in [6, 6.07) is 6.39. The Labute approximate surface area is 192 Å². The number of benzene rings is 1. The number of guanidine groups is 1. The molecule has 1 aliphatic heterocycles. The maximum absolute atomic E-state index is 12.2. The van der Waals surface area contributed by atoms with Crippen LogP contribution in [0.3, 0.4) is 0 Å². The van der Waals surface area contributed by atoms with Gasteiger partial charge in [0.05, 0.1) is 12.4 Å². The normalized spacial score (nSPS) is 16.2. The van der Waals surface area contributed by atoms with Crippen LogP contribution in [0.15, 0.2) is 23.2 Å². The van der Waals surface area contributed by atoms with Gasteiger partial charge in [0.1, 0.15) is 5.75 Å². The molecule has 29 heavy (non-hydrogen) atoms. The minimum atomic E-state index is -3.10. The summed E-state index contributed by atoms with van der Waals surface area (Å²) in [4.78, 5) is 4.30. The summed E-state index contributed by atoms with van der Waals surface area (Å²) in [5.74, 6) is 1.88. The molecule has 2 rings (SSSR count). The molecular weight excluding hydrogens is 503 g/mol. The minimum absolute atomic E-state index is 0. The maximum Gasteiger partial charge on any atom is 0.214 e. The number of rotatable bonds is 8. The van der Waals surface area contributed by atoms with Gasteiger partial charge < -0.3 is 15.4 Å². The van der Waals surface area contributed by atoms with Crippen molar-refractivity contribution < 1.29 is 13.2 Å². The van der Waals surface area contributed by atoms with Crippen molar-refractivity contribution in [3.63, 3.8) is 0 Å². The average Bonchev–Trinajstić information content (AvgIpc) is 2.67. The van der Waals surface area contributed by atoms with E-state index in [9.17, 15) is 8.42 Å². The zero-order valence-corrected chi connectivity index (χ0v) is 21.0. The van der Waals surface area contributed by atoms with Gasteiger partial charge in [0.25, 0.3) is 0 Å². The van der Waals surface area contributed by atoms with Crippen molar-refractivity contribution >= 4 is 40.0 Å². The molecule has 166 valence electrons. The monoisotopic (exact) mass is 538 g/mol. The van der Waals surface area contributed by atoms with E-state index in [4.69, 9.17) is 4.74 Å². The van der Waals surface area contributed by atoms with E-state index in [1.165, 1.54) is 0 Å². The Kier molecular flexibility index (Phi) is 11.3. The van der Waals surface area contributed by atoms with Crippen molar-refractivity contribution in [2.45, 2.75) is 52.6 Å². The fourth-order valence-electron chi connectivity index (χ4n) is 3.38. The van der Waals surface area contributed by atoms with E-state index in [0.717, 1.165) is 35.7 Å². The third-order valence-electron chi connectivity index (χ3n) is 4.87. The van der Waals surface area contributed by atoms with E-state index in [1.807, 2.05) is 26.8 Å². The van der Waals surface area contributed by atoms with Gasteiger partial charge in [-0.1, -0.05) is 19.1 Å². The van der Waals surface area contributed by atoms with Crippen molar-refractivity contribution in [3.05, 3.63) is 29.3 Å². The average molecular weight is 538 g/mol. The molecule has 1 saturated heterocycles. The molecule has 9 heteroatoms. The van der Waals surface area contributed by atoms with Crippen LogP contribution in [0.5, 0.6) is 5.75 Å². The lowest BCUT2D eigenvalue weighted by molar-refractivity contribution is 0.306. The first-order valence-electron chi connectivity index (χ1n) is 10.1. The quantitative estimate of drug-likeness (QED) is 0.302. The van der Waals surface area contributed by atoms with Gasteiger partial charge in [-0.2, -0.15) is 0 Å². The first kappa shape index (κ1) is 26.0. The fourth-order valence-corrected chi connectivity index (χ4v) is 4.92. The molecule has 7 nitrogen and oxygen atoms in total. The molecular formula is C20H35IN4O3S. The van der Waals surface area contributed by atoms with Crippen LogP contribution in [0.1, 0.15) is 44.2 Å². The Morgan fingerprint density at radius 1 is 1.28 bits per heavy atom. The lowest BCUT2D eigenvalue weighted by Crippen LogP contribution is -2.49. The highest BCUT2D eigenvalue weighted by Crippen LogP contribution is 2.19. The number of hydrogen-bond donors (Lipinski definition) is 2. The zero-order chi connectivity index (χ0) is 20.6. The summed E-state index contributed by atoms with van der Waals surface area (Å²) in [6.45, 7) is 8.37. The van der Waals surface area contributed by atoms with Crippen LogP contribution in [-0.4, -0.2) is 57.2 Å². The summed E-state index contributed by atoms with van der Waals surface area (Å²) in [5.41, 5.74) is 2.27. The first-order valence-corrected chi connectivity index (χ1v) is 11.7. The Morgan fingerprint density at radius 2 is 1.97 bits per heavy atom. The number of nitrogens with one attached hydrogen (secondary N) is 2. The number of sulfonamides is 1. The fraction of sp³-hybridized carbons (Fsp3) is 0.650. The Morgan fingerprint density at radius 3 is 2.52 bits per heavy atom. The number of ether oxygens (including phenoxy) is 1. The van der Waals surface area contributed by atoms with Gasteiger partial charge in [-0.25, -0.2) is 12.7 Å². The molecule has 1 aromatic rings. The van der Waals surface area contributed by atoms with Crippen LogP contribution < -0.4 is 15.4 Å². The third-order valence-corrected chi connectivity index (χ3v) is 6.95. The molecule has 0 radical (unpaired) electrons. The van der Waals surface area contributed by atoms with Crippen LogP contribution in [0, 0.1) is 6.92 Å². The van der Waals surface area contributed by atoms with E-state index >= 15 is 0 Å². The van der Waals surface area contributed by atoms with Crippen LogP contribution in [0.25, 0.3) is 0 Å². The smallest absolute Gasteiger partial charge is 0.214 e.